The van der Waals surface area contributed by atoms with E-state index in [1.165, 1.54) is 6.07 Å². The van der Waals surface area contributed by atoms with Crippen LogP contribution in [0.15, 0.2) is 48.5 Å². The quantitative estimate of drug-likeness (QED) is 0.725. The zero-order valence-corrected chi connectivity index (χ0v) is 16.3. The number of rotatable bonds is 7. The molecule has 7 heteroatoms. The molecule has 2 atom stereocenters. The lowest BCUT2D eigenvalue weighted by Gasteiger charge is -2.23. The zero-order chi connectivity index (χ0) is 19.1. The maximum atomic E-state index is 13.5. The fourth-order valence-corrected chi connectivity index (χ4v) is 3.25. The Hall–Kier alpha value is -2.18. The van der Waals surface area contributed by atoms with Gasteiger partial charge in [-0.05, 0) is 50.4 Å². The van der Waals surface area contributed by atoms with E-state index in [1.807, 2.05) is 6.07 Å². The highest BCUT2D eigenvalue weighted by atomic mass is 35.5. The molecule has 0 bridgehead atoms. The van der Waals surface area contributed by atoms with Crippen LogP contribution in [0.3, 0.4) is 0 Å². The Kier molecular flexibility index (Phi) is 8.67. The number of carbonyl (C=O) groups excluding carboxylic acids is 1. The molecule has 0 spiro atoms. The van der Waals surface area contributed by atoms with E-state index in [0.29, 0.717) is 18.0 Å². The molecule has 4 nitrogen and oxygen atoms in total. The molecule has 0 saturated carbocycles. The van der Waals surface area contributed by atoms with Crippen molar-refractivity contribution in [2.75, 3.05) is 19.6 Å². The Morgan fingerprint density at radius 1 is 1.18 bits per heavy atom. The summed E-state index contributed by atoms with van der Waals surface area (Å²) in [4.78, 5) is 12.7. The molecule has 1 amide bonds. The van der Waals surface area contributed by atoms with E-state index in [2.05, 4.69) is 10.6 Å². The van der Waals surface area contributed by atoms with E-state index in [4.69, 9.17) is 4.74 Å². The fraction of sp³-hybridized carbons (Fsp3) is 0.381. The van der Waals surface area contributed by atoms with Crippen molar-refractivity contribution >= 4 is 18.3 Å². The summed E-state index contributed by atoms with van der Waals surface area (Å²) in [5, 5.41) is 6.28. The summed E-state index contributed by atoms with van der Waals surface area (Å²) in [5.74, 6) is -1.60. The summed E-state index contributed by atoms with van der Waals surface area (Å²) in [6, 6.07) is 12.2. The van der Waals surface area contributed by atoms with Gasteiger partial charge in [-0.3, -0.25) is 4.79 Å². The van der Waals surface area contributed by atoms with Crippen LogP contribution in [0, 0.1) is 17.6 Å². The van der Waals surface area contributed by atoms with Crippen molar-refractivity contribution in [3.05, 3.63) is 65.7 Å². The standard InChI is InChI=1S/C21H24F2N2O2.ClH/c22-18-9-8-17(13-19(18)23)27-20(16-6-2-1-3-7-16)21(26)25-12-10-15-5-4-11-24-14-15;/h1-3,6-9,13,15,20,24H,4-5,10-12,14H2,(H,25,26);1H. The van der Waals surface area contributed by atoms with Crippen LogP contribution in [-0.2, 0) is 4.79 Å². The summed E-state index contributed by atoms with van der Waals surface area (Å²) in [7, 11) is 0. The molecule has 2 N–H and O–H groups in total. The van der Waals surface area contributed by atoms with Crippen LogP contribution in [0.4, 0.5) is 8.78 Å². The SMILES string of the molecule is Cl.O=C(NCCC1CCCNC1)C(Oc1ccc(F)c(F)c1)c1ccccc1. The predicted octanol–water partition coefficient (Wildman–Crippen LogP) is 4.01. The highest BCUT2D eigenvalue weighted by molar-refractivity contribution is 5.85. The average Bonchev–Trinajstić information content (AvgIpc) is 2.70. The van der Waals surface area contributed by atoms with Gasteiger partial charge in [-0.15, -0.1) is 12.4 Å². The third kappa shape index (κ3) is 6.17. The molecule has 0 aromatic heterocycles. The summed E-state index contributed by atoms with van der Waals surface area (Å²) >= 11 is 0. The van der Waals surface area contributed by atoms with Gasteiger partial charge in [0.15, 0.2) is 11.6 Å². The van der Waals surface area contributed by atoms with Crippen LogP contribution in [0.5, 0.6) is 5.75 Å². The fourth-order valence-electron chi connectivity index (χ4n) is 3.25. The first kappa shape index (κ1) is 22.1. The molecule has 2 aromatic rings. The highest BCUT2D eigenvalue weighted by Crippen LogP contribution is 2.24. The van der Waals surface area contributed by atoms with Crippen LogP contribution < -0.4 is 15.4 Å². The topological polar surface area (TPSA) is 50.4 Å². The van der Waals surface area contributed by atoms with Gasteiger partial charge in [0.25, 0.3) is 5.91 Å². The van der Waals surface area contributed by atoms with Crippen molar-refractivity contribution in [2.24, 2.45) is 5.92 Å². The minimum atomic E-state index is -1.01. The van der Waals surface area contributed by atoms with Crippen LogP contribution in [-0.4, -0.2) is 25.5 Å². The minimum Gasteiger partial charge on any atom is -0.476 e. The van der Waals surface area contributed by atoms with Gasteiger partial charge >= 0.3 is 0 Å². The summed E-state index contributed by atoms with van der Waals surface area (Å²) in [6.07, 6.45) is 2.28. The molecule has 1 heterocycles. The molecule has 152 valence electrons. The van der Waals surface area contributed by atoms with Gasteiger partial charge < -0.3 is 15.4 Å². The summed E-state index contributed by atoms with van der Waals surface area (Å²) in [6.45, 7) is 2.58. The van der Waals surface area contributed by atoms with Gasteiger partial charge in [-0.2, -0.15) is 0 Å². The number of carbonyl (C=O) groups is 1. The van der Waals surface area contributed by atoms with Crippen molar-refractivity contribution < 1.29 is 18.3 Å². The molecule has 1 aliphatic heterocycles. The third-order valence-corrected chi connectivity index (χ3v) is 4.74. The van der Waals surface area contributed by atoms with Gasteiger partial charge in [0.05, 0.1) is 0 Å². The maximum Gasteiger partial charge on any atom is 0.265 e. The van der Waals surface area contributed by atoms with Crippen molar-refractivity contribution in [1.82, 2.24) is 10.6 Å². The lowest BCUT2D eigenvalue weighted by Crippen LogP contribution is -2.36. The molecule has 1 fully saturated rings. The van der Waals surface area contributed by atoms with Crippen LogP contribution >= 0.6 is 12.4 Å². The van der Waals surface area contributed by atoms with E-state index in [-0.39, 0.29) is 24.1 Å². The number of hydrogen-bond donors (Lipinski definition) is 2. The number of piperidine rings is 1. The van der Waals surface area contributed by atoms with Gasteiger partial charge in [-0.1, -0.05) is 30.3 Å². The monoisotopic (exact) mass is 410 g/mol. The maximum absolute atomic E-state index is 13.5. The van der Waals surface area contributed by atoms with E-state index >= 15 is 0 Å². The highest BCUT2D eigenvalue weighted by Gasteiger charge is 2.23. The molecular formula is C21H25ClF2N2O2. The van der Waals surface area contributed by atoms with Crippen molar-refractivity contribution in [3.8, 4) is 5.75 Å². The molecule has 3 rings (SSSR count). The number of benzene rings is 2. The van der Waals surface area contributed by atoms with Crippen LogP contribution in [0.25, 0.3) is 0 Å². The van der Waals surface area contributed by atoms with Gasteiger partial charge in [0, 0.05) is 18.2 Å². The van der Waals surface area contributed by atoms with Crippen LogP contribution in [0.2, 0.25) is 0 Å². The molecule has 2 unspecified atom stereocenters. The van der Waals surface area contributed by atoms with Gasteiger partial charge in [-0.25, -0.2) is 8.78 Å². The Morgan fingerprint density at radius 2 is 1.96 bits per heavy atom. The zero-order valence-electron chi connectivity index (χ0n) is 15.5. The summed E-state index contributed by atoms with van der Waals surface area (Å²) < 4.78 is 32.3. The second-order valence-electron chi connectivity index (χ2n) is 6.78. The first-order chi connectivity index (χ1) is 13.1. The smallest absolute Gasteiger partial charge is 0.265 e. The summed E-state index contributed by atoms with van der Waals surface area (Å²) in [5.41, 5.74) is 0.652. The number of hydrogen-bond acceptors (Lipinski definition) is 3. The van der Waals surface area contributed by atoms with E-state index < -0.39 is 17.7 Å². The number of nitrogens with one attached hydrogen (secondary N) is 2. The third-order valence-electron chi connectivity index (χ3n) is 4.74. The number of amides is 1. The first-order valence-corrected chi connectivity index (χ1v) is 9.28. The van der Waals surface area contributed by atoms with E-state index in [0.717, 1.165) is 44.5 Å². The molecule has 1 saturated heterocycles. The molecule has 0 radical (unpaired) electrons. The van der Waals surface area contributed by atoms with Gasteiger partial charge in [0.1, 0.15) is 5.75 Å². The van der Waals surface area contributed by atoms with Crippen molar-refractivity contribution in [3.63, 3.8) is 0 Å². The Balaban J connectivity index is 0.00000280. The van der Waals surface area contributed by atoms with Crippen molar-refractivity contribution in [2.45, 2.75) is 25.4 Å². The Morgan fingerprint density at radius 3 is 2.64 bits per heavy atom. The largest absolute Gasteiger partial charge is 0.476 e. The average molecular weight is 411 g/mol. The Bertz CT molecular complexity index is 755. The van der Waals surface area contributed by atoms with Crippen LogP contribution in [0.1, 0.15) is 30.9 Å². The lowest BCUT2D eigenvalue weighted by atomic mass is 9.96. The number of halogens is 3. The normalized spacial score (nSPS) is 17.3. The molecule has 1 aliphatic rings. The molecule has 28 heavy (non-hydrogen) atoms. The molecule has 2 aromatic carbocycles. The van der Waals surface area contributed by atoms with Crippen molar-refractivity contribution in [1.29, 1.82) is 0 Å². The second kappa shape index (κ2) is 11.0. The van der Waals surface area contributed by atoms with Gasteiger partial charge in [0.2, 0.25) is 6.10 Å². The van der Waals surface area contributed by atoms with E-state index in [1.54, 1.807) is 24.3 Å². The second-order valence-corrected chi connectivity index (χ2v) is 6.78. The Labute approximate surface area is 170 Å². The molecular weight excluding hydrogens is 386 g/mol. The first-order valence-electron chi connectivity index (χ1n) is 9.28. The lowest BCUT2D eigenvalue weighted by molar-refractivity contribution is -0.128. The predicted molar refractivity (Wildman–Crippen MR) is 107 cm³/mol. The van der Waals surface area contributed by atoms with E-state index in [9.17, 15) is 13.6 Å². The minimum absolute atomic E-state index is 0. The molecule has 0 aliphatic carbocycles. The number of ether oxygens (including phenoxy) is 1.